The van der Waals surface area contributed by atoms with Crippen LogP contribution < -0.4 is 0 Å². The second-order valence-corrected chi connectivity index (χ2v) is 18.8. The molecule has 0 atom stereocenters. The fourth-order valence-electron chi connectivity index (χ4n) is 11.9. The average molecular weight is 853 g/mol. The molecule has 1 aliphatic rings. The highest BCUT2D eigenvalue weighted by molar-refractivity contribution is 6.22. The van der Waals surface area contributed by atoms with Crippen molar-refractivity contribution in [3.63, 3.8) is 0 Å². The van der Waals surface area contributed by atoms with Crippen molar-refractivity contribution in [3.8, 4) is 55.9 Å². The zero-order chi connectivity index (χ0) is 44.4. The molecular formula is C65H44N2. The first-order valence-corrected chi connectivity index (χ1v) is 23.4. The number of fused-ring (bicyclic) bond motifs is 11. The Bertz CT molecular complexity index is 3950. The molecule has 2 aromatic heterocycles. The van der Waals surface area contributed by atoms with Gasteiger partial charge in [0.15, 0.2) is 0 Å². The molecular weight excluding hydrogens is 809 g/mol. The Kier molecular flexibility index (Phi) is 8.06. The highest BCUT2D eigenvalue weighted by atomic mass is 15.0. The number of para-hydroxylation sites is 4. The zero-order valence-electron chi connectivity index (χ0n) is 37.3. The summed E-state index contributed by atoms with van der Waals surface area (Å²) in [6.45, 7) is 4.77. The Labute approximate surface area is 389 Å². The molecule has 0 amide bonds. The molecule has 0 aliphatic heterocycles. The van der Waals surface area contributed by atoms with Crippen molar-refractivity contribution in [2.24, 2.45) is 0 Å². The Morgan fingerprint density at radius 3 is 1.25 bits per heavy atom. The van der Waals surface area contributed by atoms with Crippen LogP contribution in [0.25, 0.3) is 121 Å². The van der Waals surface area contributed by atoms with Gasteiger partial charge < -0.3 is 9.13 Å². The molecule has 0 saturated carbocycles. The molecule has 0 radical (unpaired) electrons. The quantitative estimate of drug-likeness (QED) is 0.153. The predicted molar refractivity (Wildman–Crippen MR) is 284 cm³/mol. The maximum Gasteiger partial charge on any atom is 0.0541 e. The standard InChI is InChI=1S/C65H44N2/c1-65(2)57-30-12-9-24-51(57)64-52(29-17-31-58(64)65)63-49-27-15-25-45(41-34-36-61-55(38-41)47-22-10-13-32-59(47)66(61)43-18-5-3-6-19-43)53(49)40-54-46(26-16-28-50(54)63)42-35-37-62-56(39-42)48-23-11-14-33-60(48)67(62)44-20-7-4-8-21-44/h3-40H,1-2H3. The van der Waals surface area contributed by atoms with E-state index in [-0.39, 0.29) is 5.41 Å². The number of rotatable bonds is 5. The van der Waals surface area contributed by atoms with E-state index in [4.69, 9.17) is 0 Å². The van der Waals surface area contributed by atoms with Crippen molar-refractivity contribution < 1.29 is 0 Å². The van der Waals surface area contributed by atoms with Gasteiger partial charge in [0.25, 0.3) is 0 Å². The van der Waals surface area contributed by atoms with Crippen LogP contribution in [0.2, 0.25) is 0 Å². The van der Waals surface area contributed by atoms with Gasteiger partial charge in [-0.3, -0.25) is 0 Å². The van der Waals surface area contributed by atoms with Gasteiger partial charge in [0.05, 0.1) is 22.1 Å². The third-order valence-corrected chi connectivity index (χ3v) is 14.9. The van der Waals surface area contributed by atoms with Crippen molar-refractivity contribution in [3.05, 3.63) is 242 Å². The van der Waals surface area contributed by atoms with E-state index < -0.39 is 0 Å². The lowest BCUT2D eigenvalue weighted by molar-refractivity contribution is 0.660. The van der Waals surface area contributed by atoms with E-state index in [9.17, 15) is 0 Å². The number of hydrogen-bond donors (Lipinski definition) is 0. The van der Waals surface area contributed by atoms with Gasteiger partial charge in [-0.05, 0) is 144 Å². The van der Waals surface area contributed by atoms with Crippen LogP contribution in [0.1, 0.15) is 25.0 Å². The van der Waals surface area contributed by atoms with Crippen LogP contribution >= 0.6 is 0 Å². The summed E-state index contributed by atoms with van der Waals surface area (Å²) in [5.74, 6) is 0. The SMILES string of the molecule is CC1(C)c2ccccc2-c2c(-c3c4cccc(-c5ccc6c(c5)c5ccccc5n6-c5ccccc5)c4cc4c(-c5ccc6c(c5)c5ccccc5n6-c5ccccc5)cccc34)cccc21. The van der Waals surface area contributed by atoms with Crippen LogP contribution in [-0.2, 0) is 5.41 Å². The first kappa shape index (κ1) is 37.9. The van der Waals surface area contributed by atoms with Crippen LogP contribution in [0.5, 0.6) is 0 Å². The van der Waals surface area contributed by atoms with Crippen molar-refractivity contribution in [1.29, 1.82) is 0 Å². The summed E-state index contributed by atoms with van der Waals surface area (Å²) in [4.78, 5) is 0. The second-order valence-electron chi connectivity index (χ2n) is 18.8. The van der Waals surface area contributed by atoms with Crippen molar-refractivity contribution >= 4 is 65.2 Å². The molecule has 1 aliphatic carbocycles. The number of nitrogens with zero attached hydrogens (tertiary/aromatic N) is 2. The van der Waals surface area contributed by atoms with E-state index in [1.54, 1.807) is 0 Å². The Hall–Kier alpha value is -8.46. The van der Waals surface area contributed by atoms with Crippen LogP contribution in [0.4, 0.5) is 0 Å². The predicted octanol–water partition coefficient (Wildman–Crippen LogP) is 17.5. The molecule has 2 heteroatoms. The molecule has 0 bridgehead atoms. The van der Waals surface area contributed by atoms with Crippen LogP contribution in [-0.4, -0.2) is 9.13 Å². The normalized spacial score (nSPS) is 13.0. The number of benzene rings is 11. The van der Waals surface area contributed by atoms with E-state index in [1.807, 2.05) is 0 Å². The number of hydrogen-bond acceptors (Lipinski definition) is 0. The zero-order valence-corrected chi connectivity index (χ0v) is 37.3. The monoisotopic (exact) mass is 852 g/mol. The van der Waals surface area contributed by atoms with E-state index in [1.165, 1.54) is 132 Å². The summed E-state index contributed by atoms with van der Waals surface area (Å²) >= 11 is 0. The topological polar surface area (TPSA) is 9.86 Å². The fourth-order valence-corrected chi connectivity index (χ4v) is 11.9. The summed E-state index contributed by atoms with van der Waals surface area (Å²) in [5, 5.41) is 10.00. The average Bonchev–Trinajstić information content (AvgIpc) is 3.98. The maximum atomic E-state index is 2.49. The van der Waals surface area contributed by atoms with Gasteiger partial charge >= 0.3 is 0 Å². The van der Waals surface area contributed by atoms with E-state index in [0.717, 1.165) is 0 Å². The van der Waals surface area contributed by atoms with Gasteiger partial charge in [0.1, 0.15) is 0 Å². The number of aromatic nitrogens is 2. The van der Waals surface area contributed by atoms with Crippen LogP contribution in [0.3, 0.4) is 0 Å². The molecule has 67 heavy (non-hydrogen) atoms. The lowest BCUT2D eigenvalue weighted by Crippen LogP contribution is -2.14. The summed E-state index contributed by atoms with van der Waals surface area (Å²) < 4.78 is 4.80. The van der Waals surface area contributed by atoms with Crippen molar-refractivity contribution in [2.45, 2.75) is 19.3 Å². The minimum atomic E-state index is -0.124. The molecule has 0 unspecified atom stereocenters. The molecule has 0 saturated heterocycles. The first-order chi connectivity index (χ1) is 33.0. The van der Waals surface area contributed by atoms with Crippen LogP contribution in [0, 0.1) is 0 Å². The van der Waals surface area contributed by atoms with Gasteiger partial charge in [0.2, 0.25) is 0 Å². The third-order valence-electron chi connectivity index (χ3n) is 14.9. The molecule has 0 fully saturated rings. The lowest BCUT2D eigenvalue weighted by Gasteiger charge is -2.22. The molecule has 14 rings (SSSR count). The second kappa shape index (κ2) is 14.3. The molecule has 314 valence electrons. The summed E-state index contributed by atoms with van der Waals surface area (Å²) in [7, 11) is 0. The molecule has 2 nitrogen and oxygen atoms in total. The first-order valence-electron chi connectivity index (χ1n) is 23.4. The van der Waals surface area contributed by atoms with Gasteiger partial charge in [0, 0.05) is 38.3 Å². The Morgan fingerprint density at radius 1 is 0.269 bits per heavy atom. The van der Waals surface area contributed by atoms with Gasteiger partial charge in [-0.25, -0.2) is 0 Å². The Balaban J connectivity index is 1.07. The van der Waals surface area contributed by atoms with Gasteiger partial charge in [-0.1, -0.05) is 178 Å². The highest BCUT2D eigenvalue weighted by Gasteiger charge is 2.37. The minimum absolute atomic E-state index is 0.124. The lowest BCUT2D eigenvalue weighted by atomic mass is 9.81. The Morgan fingerprint density at radius 2 is 0.687 bits per heavy atom. The molecule has 2 heterocycles. The fraction of sp³-hybridized carbons (Fsp3) is 0.0462. The van der Waals surface area contributed by atoms with Crippen LogP contribution in [0.15, 0.2) is 231 Å². The molecule has 0 spiro atoms. The molecule has 13 aromatic rings. The summed E-state index contributed by atoms with van der Waals surface area (Å²) in [5.41, 5.74) is 19.9. The summed E-state index contributed by atoms with van der Waals surface area (Å²) in [6.07, 6.45) is 0. The van der Waals surface area contributed by atoms with Gasteiger partial charge in [-0.2, -0.15) is 0 Å². The highest BCUT2D eigenvalue weighted by Crippen LogP contribution is 2.54. The summed E-state index contributed by atoms with van der Waals surface area (Å²) in [6, 6.07) is 85.8. The van der Waals surface area contributed by atoms with Crippen molar-refractivity contribution in [1.82, 2.24) is 9.13 Å². The molecule has 11 aromatic carbocycles. The largest absolute Gasteiger partial charge is 0.309 e. The van der Waals surface area contributed by atoms with Gasteiger partial charge in [-0.15, -0.1) is 0 Å². The minimum Gasteiger partial charge on any atom is -0.309 e. The van der Waals surface area contributed by atoms with E-state index >= 15 is 0 Å². The van der Waals surface area contributed by atoms with Crippen molar-refractivity contribution in [2.75, 3.05) is 0 Å². The van der Waals surface area contributed by atoms with E-state index in [2.05, 4.69) is 254 Å². The molecule has 0 N–H and O–H groups in total. The van der Waals surface area contributed by atoms with E-state index in [0.29, 0.717) is 0 Å². The third kappa shape index (κ3) is 5.45. The smallest absolute Gasteiger partial charge is 0.0541 e. The maximum absolute atomic E-state index is 2.49.